The molecule has 1 fully saturated rings. The highest BCUT2D eigenvalue weighted by Crippen LogP contribution is 2.22. The van der Waals surface area contributed by atoms with Crippen LogP contribution in [0.2, 0.25) is 0 Å². The van der Waals surface area contributed by atoms with Gasteiger partial charge in [0.05, 0.1) is 17.8 Å². The number of carbonyl (C=O) groups is 1. The number of hydrogen-bond donors (Lipinski definition) is 2. The zero-order chi connectivity index (χ0) is 12.6. The Labute approximate surface area is 121 Å². The second kappa shape index (κ2) is 5.21. The Hall–Kier alpha value is -0.180. The Morgan fingerprint density at radius 3 is 2.53 bits per heavy atom. The zero-order valence-electron chi connectivity index (χ0n) is 8.81. The Kier molecular flexibility index (Phi) is 4.06. The van der Waals surface area contributed by atoms with Crippen molar-refractivity contribution in [2.24, 2.45) is 0 Å². The third-order valence-electron chi connectivity index (χ3n) is 2.71. The summed E-state index contributed by atoms with van der Waals surface area (Å²) in [6.45, 7) is 0.366. The van der Waals surface area contributed by atoms with Crippen LogP contribution in [0, 0.1) is 3.57 Å². The number of nitrogens with zero attached hydrogens (tertiary/aromatic N) is 1. The first-order chi connectivity index (χ1) is 7.99. The molecule has 17 heavy (non-hydrogen) atoms. The summed E-state index contributed by atoms with van der Waals surface area (Å²) in [5.41, 5.74) is 0.585. The van der Waals surface area contributed by atoms with Crippen LogP contribution >= 0.6 is 38.5 Å². The van der Waals surface area contributed by atoms with E-state index < -0.39 is 12.2 Å². The molecule has 0 aromatic heterocycles. The Morgan fingerprint density at radius 1 is 1.35 bits per heavy atom. The molecule has 1 aliphatic rings. The topological polar surface area (TPSA) is 60.8 Å². The van der Waals surface area contributed by atoms with Gasteiger partial charge in [0.15, 0.2) is 0 Å². The average Bonchev–Trinajstić information content (AvgIpc) is 2.62. The molecule has 0 unspecified atom stereocenters. The van der Waals surface area contributed by atoms with Gasteiger partial charge < -0.3 is 15.1 Å². The van der Waals surface area contributed by atoms with Crippen LogP contribution in [0.15, 0.2) is 22.7 Å². The molecule has 1 aromatic carbocycles. The molecule has 1 amide bonds. The fourth-order valence-electron chi connectivity index (χ4n) is 1.77. The number of benzene rings is 1. The van der Waals surface area contributed by atoms with Gasteiger partial charge in [-0.25, -0.2) is 0 Å². The van der Waals surface area contributed by atoms with Gasteiger partial charge in [0.1, 0.15) is 0 Å². The lowest BCUT2D eigenvalue weighted by molar-refractivity contribution is 0.0572. The predicted octanol–water partition coefficient (Wildman–Crippen LogP) is 1.23. The second-order valence-electron chi connectivity index (χ2n) is 3.97. The van der Waals surface area contributed by atoms with Gasteiger partial charge in [-0.15, -0.1) is 0 Å². The van der Waals surface area contributed by atoms with E-state index in [2.05, 4.69) is 38.5 Å². The van der Waals surface area contributed by atoms with E-state index in [9.17, 15) is 15.0 Å². The first-order valence-corrected chi connectivity index (χ1v) is 6.96. The Bertz CT molecular complexity index is 444. The number of hydrogen-bond acceptors (Lipinski definition) is 3. The van der Waals surface area contributed by atoms with Crippen LogP contribution in [-0.4, -0.2) is 46.3 Å². The van der Waals surface area contributed by atoms with Crippen LogP contribution < -0.4 is 0 Å². The van der Waals surface area contributed by atoms with Gasteiger partial charge >= 0.3 is 0 Å². The van der Waals surface area contributed by atoms with Gasteiger partial charge in [0, 0.05) is 21.1 Å². The van der Waals surface area contributed by atoms with Crippen LogP contribution in [0.5, 0.6) is 0 Å². The molecule has 0 aliphatic carbocycles. The zero-order valence-corrected chi connectivity index (χ0v) is 12.6. The number of β-amino-alcohol motifs (C(OH)–C–C–N with tert-alkyl or cyclic N) is 2. The number of aliphatic hydroxyl groups excluding tert-OH is 2. The summed E-state index contributed by atoms with van der Waals surface area (Å²) in [6, 6.07) is 5.47. The van der Waals surface area contributed by atoms with Crippen molar-refractivity contribution in [3.05, 3.63) is 31.8 Å². The summed E-state index contributed by atoms with van der Waals surface area (Å²) in [6.07, 6.45) is -1.69. The molecular formula is C11H11BrINO3. The number of rotatable bonds is 1. The third kappa shape index (κ3) is 2.81. The first kappa shape index (κ1) is 13.3. The summed E-state index contributed by atoms with van der Waals surface area (Å²) in [5.74, 6) is -0.161. The summed E-state index contributed by atoms with van der Waals surface area (Å²) in [5, 5.41) is 18.9. The van der Waals surface area contributed by atoms with E-state index in [1.807, 2.05) is 12.1 Å². The summed E-state index contributed by atoms with van der Waals surface area (Å²) >= 11 is 5.42. The van der Waals surface area contributed by atoms with Crippen molar-refractivity contribution in [1.29, 1.82) is 0 Å². The van der Waals surface area contributed by atoms with Crippen molar-refractivity contribution in [3.63, 3.8) is 0 Å². The minimum absolute atomic E-state index is 0.161. The molecule has 6 heteroatoms. The predicted molar refractivity (Wildman–Crippen MR) is 74.8 cm³/mol. The minimum atomic E-state index is -0.844. The summed E-state index contributed by atoms with van der Waals surface area (Å²) in [4.78, 5) is 13.7. The van der Waals surface area contributed by atoms with Crippen LogP contribution in [-0.2, 0) is 0 Å². The van der Waals surface area contributed by atoms with Crippen LogP contribution in [0.1, 0.15) is 10.4 Å². The Morgan fingerprint density at radius 2 is 1.94 bits per heavy atom. The van der Waals surface area contributed by atoms with Gasteiger partial charge in [-0.1, -0.05) is 15.9 Å². The summed E-state index contributed by atoms with van der Waals surface area (Å²) < 4.78 is 1.69. The SMILES string of the molecule is O=C(c1cc(Br)ccc1I)N1C[C@@H](O)[C@@H](O)C1. The van der Waals surface area contributed by atoms with Gasteiger partial charge in [-0.2, -0.15) is 0 Å². The molecule has 0 spiro atoms. The number of amides is 1. The second-order valence-corrected chi connectivity index (χ2v) is 6.05. The van der Waals surface area contributed by atoms with Crippen molar-refractivity contribution in [1.82, 2.24) is 4.90 Å². The molecule has 1 saturated heterocycles. The van der Waals surface area contributed by atoms with Gasteiger partial charge in [-0.3, -0.25) is 4.79 Å². The van der Waals surface area contributed by atoms with Gasteiger partial charge in [-0.05, 0) is 40.8 Å². The van der Waals surface area contributed by atoms with Crippen LogP contribution in [0.3, 0.4) is 0 Å². The highest BCUT2D eigenvalue weighted by Gasteiger charge is 2.33. The maximum absolute atomic E-state index is 12.2. The molecule has 4 nitrogen and oxygen atoms in total. The maximum atomic E-state index is 12.2. The molecule has 1 aromatic rings. The lowest BCUT2D eigenvalue weighted by Gasteiger charge is -2.16. The quantitative estimate of drug-likeness (QED) is 0.683. The molecule has 1 heterocycles. The molecule has 0 saturated carbocycles. The number of halogens is 2. The van der Waals surface area contributed by atoms with Crippen molar-refractivity contribution in [2.75, 3.05) is 13.1 Å². The Balaban J connectivity index is 2.23. The highest BCUT2D eigenvalue weighted by atomic mass is 127. The van der Waals surface area contributed by atoms with Gasteiger partial charge in [0.25, 0.3) is 5.91 Å². The molecule has 92 valence electrons. The number of carbonyl (C=O) groups excluding carboxylic acids is 1. The van der Waals surface area contributed by atoms with Crippen molar-refractivity contribution < 1.29 is 15.0 Å². The molecule has 0 radical (unpaired) electrons. The molecule has 2 N–H and O–H groups in total. The minimum Gasteiger partial charge on any atom is -0.388 e. The number of aliphatic hydroxyl groups is 2. The standard InChI is InChI=1S/C11H11BrINO3/c12-6-1-2-8(13)7(3-6)11(17)14-4-9(15)10(16)5-14/h1-3,9-10,15-16H,4-5H2/t9-,10+. The molecule has 2 atom stereocenters. The molecule has 0 bridgehead atoms. The van der Waals surface area contributed by atoms with Crippen LogP contribution in [0.4, 0.5) is 0 Å². The smallest absolute Gasteiger partial charge is 0.255 e. The van der Waals surface area contributed by atoms with E-state index in [1.165, 1.54) is 4.90 Å². The molecular weight excluding hydrogens is 401 g/mol. The average molecular weight is 412 g/mol. The summed E-state index contributed by atoms with van der Waals surface area (Å²) in [7, 11) is 0. The van der Waals surface area contributed by atoms with E-state index >= 15 is 0 Å². The molecule has 1 aliphatic heterocycles. The maximum Gasteiger partial charge on any atom is 0.255 e. The number of likely N-dealkylation sites (tertiary alicyclic amines) is 1. The lowest BCUT2D eigenvalue weighted by atomic mass is 10.2. The van der Waals surface area contributed by atoms with E-state index in [1.54, 1.807) is 6.07 Å². The van der Waals surface area contributed by atoms with E-state index in [-0.39, 0.29) is 19.0 Å². The largest absolute Gasteiger partial charge is 0.388 e. The van der Waals surface area contributed by atoms with Crippen molar-refractivity contribution >= 4 is 44.4 Å². The van der Waals surface area contributed by atoms with Crippen molar-refractivity contribution in [3.8, 4) is 0 Å². The van der Waals surface area contributed by atoms with Crippen molar-refractivity contribution in [2.45, 2.75) is 12.2 Å². The highest BCUT2D eigenvalue weighted by molar-refractivity contribution is 14.1. The van der Waals surface area contributed by atoms with E-state index in [0.29, 0.717) is 5.56 Å². The normalized spacial score (nSPS) is 24.1. The van der Waals surface area contributed by atoms with Crippen LogP contribution in [0.25, 0.3) is 0 Å². The van der Waals surface area contributed by atoms with E-state index in [0.717, 1.165) is 8.04 Å². The third-order valence-corrected chi connectivity index (χ3v) is 4.14. The van der Waals surface area contributed by atoms with Gasteiger partial charge in [0.2, 0.25) is 0 Å². The van der Waals surface area contributed by atoms with E-state index in [4.69, 9.17) is 0 Å². The fraction of sp³-hybridized carbons (Fsp3) is 0.364. The first-order valence-electron chi connectivity index (χ1n) is 5.09. The monoisotopic (exact) mass is 411 g/mol. The molecule has 2 rings (SSSR count). The fourth-order valence-corrected chi connectivity index (χ4v) is 2.69. The lowest BCUT2D eigenvalue weighted by Crippen LogP contribution is -2.30.